The van der Waals surface area contributed by atoms with E-state index < -0.39 is 36.4 Å². The Balaban J connectivity index is 0.000000330. The number of rotatable bonds is 12. The van der Waals surface area contributed by atoms with Crippen LogP contribution in [0, 0.1) is 23.2 Å². The van der Waals surface area contributed by atoms with Crippen LogP contribution < -0.4 is 0 Å². The second-order valence-corrected chi connectivity index (χ2v) is 9.35. The summed E-state index contributed by atoms with van der Waals surface area (Å²) in [5.41, 5.74) is -2.09. The van der Waals surface area contributed by atoms with E-state index in [9.17, 15) is 14.4 Å². The van der Waals surface area contributed by atoms with E-state index in [0.717, 1.165) is 44.0 Å². The third-order valence-corrected chi connectivity index (χ3v) is 7.03. The lowest BCUT2D eigenvalue weighted by atomic mass is 9.90. The predicted molar refractivity (Wildman–Crippen MR) is 114 cm³/mol. The number of aliphatic hydroxyl groups is 1. The fraction of sp³-hybridized carbons (Fsp3) is 0.864. The first kappa shape index (κ1) is 27.3. The highest BCUT2D eigenvalue weighted by Crippen LogP contribution is 2.68. The van der Waals surface area contributed by atoms with Crippen LogP contribution >= 0.6 is 0 Å². The molecule has 4 atom stereocenters. The largest absolute Gasteiger partial charge is 0.481 e. The zero-order valence-corrected chi connectivity index (χ0v) is 19.3. The number of nitrogens with zero attached hydrogens (tertiary/aromatic N) is 1. The molecule has 9 heteroatoms. The molecule has 2 saturated carbocycles. The molecule has 2 aliphatic carbocycles. The van der Waals surface area contributed by atoms with Crippen molar-refractivity contribution in [3.05, 3.63) is 0 Å². The molecule has 0 spiro atoms. The SMILES string of the molecule is CCN(CC)CCO[C@@H](C)C1CC2[C@@H](C1)C2(C)C.O=C(O)CC(O)(CC(=O)O)C(=O)O. The van der Waals surface area contributed by atoms with E-state index >= 15 is 0 Å². The maximum Gasteiger partial charge on any atom is 0.336 e. The average molecular weight is 446 g/mol. The van der Waals surface area contributed by atoms with Gasteiger partial charge in [-0.25, -0.2) is 4.79 Å². The minimum Gasteiger partial charge on any atom is -0.481 e. The summed E-state index contributed by atoms with van der Waals surface area (Å²) in [4.78, 5) is 32.9. The van der Waals surface area contributed by atoms with Crippen LogP contribution in [0.1, 0.15) is 60.3 Å². The van der Waals surface area contributed by atoms with Crippen molar-refractivity contribution >= 4 is 17.9 Å². The van der Waals surface area contributed by atoms with E-state index in [1.165, 1.54) is 12.8 Å². The molecule has 2 fully saturated rings. The number of carboxylic acid groups (broad SMARTS) is 3. The molecule has 180 valence electrons. The Bertz CT molecular complexity index is 601. The van der Waals surface area contributed by atoms with Gasteiger partial charge in [0.1, 0.15) is 0 Å². The fourth-order valence-electron chi connectivity index (χ4n) is 4.68. The molecule has 0 amide bonds. The van der Waals surface area contributed by atoms with Crippen molar-refractivity contribution in [2.45, 2.75) is 72.0 Å². The molecule has 0 heterocycles. The van der Waals surface area contributed by atoms with E-state index in [1.807, 2.05) is 0 Å². The zero-order chi connectivity index (χ0) is 24.0. The maximum atomic E-state index is 10.3. The highest BCUT2D eigenvalue weighted by Gasteiger charge is 2.62. The summed E-state index contributed by atoms with van der Waals surface area (Å²) < 4.78 is 6.06. The van der Waals surface area contributed by atoms with Crippen molar-refractivity contribution < 1.29 is 39.5 Å². The molecule has 2 unspecified atom stereocenters. The van der Waals surface area contributed by atoms with Gasteiger partial charge in [0.05, 0.1) is 25.6 Å². The predicted octanol–water partition coefficient (Wildman–Crippen LogP) is 2.17. The minimum atomic E-state index is -2.74. The summed E-state index contributed by atoms with van der Waals surface area (Å²) in [5.74, 6) is -2.20. The van der Waals surface area contributed by atoms with Crippen molar-refractivity contribution in [1.82, 2.24) is 4.90 Å². The van der Waals surface area contributed by atoms with Crippen LogP contribution in [0.15, 0.2) is 0 Å². The van der Waals surface area contributed by atoms with E-state index in [1.54, 1.807) is 0 Å². The zero-order valence-electron chi connectivity index (χ0n) is 19.3. The van der Waals surface area contributed by atoms with Gasteiger partial charge in [-0.2, -0.15) is 0 Å². The molecule has 9 nitrogen and oxygen atoms in total. The Kier molecular flexibility index (Phi) is 9.91. The number of ether oxygens (including phenoxy) is 1. The number of aliphatic carboxylic acids is 3. The van der Waals surface area contributed by atoms with Crippen LogP contribution in [0.3, 0.4) is 0 Å². The van der Waals surface area contributed by atoms with Crippen molar-refractivity contribution in [3.8, 4) is 0 Å². The number of carboxylic acids is 3. The molecule has 31 heavy (non-hydrogen) atoms. The first-order valence-electron chi connectivity index (χ1n) is 11.0. The Labute approximate surface area is 184 Å². The molecule has 2 rings (SSSR count). The minimum absolute atomic E-state index is 0.462. The van der Waals surface area contributed by atoms with Crippen molar-refractivity contribution in [1.29, 1.82) is 0 Å². The topological polar surface area (TPSA) is 145 Å². The average Bonchev–Trinajstić information content (AvgIpc) is 2.99. The number of likely N-dealkylation sites (N-methyl/N-ethyl adjacent to an activating group) is 1. The van der Waals surface area contributed by atoms with Crippen LogP contribution in [0.2, 0.25) is 0 Å². The normalized spacial score (nSPS) is 24.7. The molecular formula is C22H39NO8. The molecule has 0 aliphatic heterocycles. The number of hydrogen-bond donors (Lipinski definition) is 4. The monoisotopic (exact) mass is 445 g/mol. The molecule has 4 N–H and O–H groups in total. The lowest BCUT2D eigenvalue weighted by Crippen LogP contribution is -2.42. The second-order valence-electron chi connectivity index (χ2n) is 9.35. The molecule has 0 aromatic heterocycles. The highest BCUT2D eigenvalue weighted by atomic mass is 16.5. The van der Waals surface area contributed by atoms with Gasteiger partial charge in [0.25, 0.3) is 0 Å². The van der Waals surface area contributed by atoms with Gasteiger partial charge in [0.15, 0.2) is 5.60 Å². The van der Waals surface area contributed by atoms with Crippen molar-refractivity contribution in [2.24, 2.45) is 23.2 Å². The summed E-state index contributed by atoms with van der Waals surface area (Å²) in [6.45, 7) is 15.9. The van der Waals surface area contributed by atoms with E-state index in [-0.39, 0.29) is 0 Å². The van der Waals surface area contributed by atoms with Crippen LogP contribution in [0.5, 0.6) is 0 Å². The third-order valence-electron chi connectivity index (χ3n) is 7.03. The van der Waals surface area contributed by atoms with Crippen LogP contribution in [0.25, 0.3) is 0 Å². The first-order chi connectivity index (χ1) is 14.3. The van der Waals surface area contributed by atoms with Gasteiger partial charge in [-0.3, -0.25) is 9.59 Å². The molecule has 0 aromatic rings. The smallest absolute Gasteiger partial charge is 0.336 e. The van der Waals surface area contributed by atoms with Gasteiger partial charge < -0.3 is 30.1 Å². The summed E-state index contributed by atoms with van der Waals surface area (Å²) in [6.07, 6.45) is 0.987. The molecule has 2 aliphatic rings. The van der Waals surface area contributed by atoms with Crippen molar-refractivity contribution in [2.75, 3.05) is 26.2 Å². The van der Waals surface area contributed by atoms with Crippen LogP contribution in [0.4, 0.5) is 0 Å². The van der Waals surface area contributed by atoms with Crippen LogP contribution in [-0.2, 0) is 19.1 Å². The lowest BCUT2D eigenvalue weighted by molar-refractivity contribution is -0.170. The lowest BCUT2D eigenvalue weighted by Gasteiger charge is -2.25. The molecule has 0 aromatic carbocycles. The van der Waals surface area contributed by atoms with Gasteiger partial charge in [0.2, 0.25) is 0 Å². The van der Waals surface area contributed by atoms with E-state index in [0.29, 0.717) is 11.5 Å². The summed E-state index contributed by atoms with van der Waals surface area (Å²) in [6, 6.07) is 0. The van der Waals surface area contributed by atoms with Gasteiger partial charge >= 0.3 is 17.9 Å². The molecular weight excluding hydrogens is 406 g/mol. The number of fused-ring (bicyclic) bond motifs is 1. The summed E-state index contributed by atoms with van der Waals surface area (Å²) in [5, 5.41) is 33.8. The Morgan fingerprint density at radius 2 is 1.48 bits per heavy atom. The quantitative estimate of drug-likeness (QED) is 0.355. The summed E-state index contributed by atoms with van der Waals surface area (Å²) >= 11 is 0. The third kappa shape index (κ3) is 7.73. The first-order valence-corrected chi connectivity index (χ1v) is 11.0. The second kappa shape index (κ2) is 11.2. The Morgan fingerprint density at radius 3 is 1.84 bits per heavy atom. The van der Waals surface area contributed by atoms with Gasteiger partial charge in [-0.1, -0.05) is 27.7 Å². The molecule has 0 radical (unpaired) electrons. The summed E-state index contributed by atoms with van der Waals surface area (Å²) in [7, 11) is 0. The standard InChI is InChI=1S/C16H31NO.C6H8O7/c1-6-17(7-2)8-9-18-12(3)13-10-14-15(11-13)16(14,4)5;7-3(8)1-6(13,5(11)12)2-4(9)10/h12-15H,6-11H2,1-5H3;13H,1-2H2,(H,7,8)(H,9,10)(H,11,12)/t12-,13?,14+,15?;/m0./s1. The number of carbonyl (C=O) groups is 3. The Morgan fingerprint density at radius 1 is 1.03 bits per heavy atom. The fourth-order valence-corrected chi connectivity index (χ4v) is 4.68. The van der Waals surface area contributed by atoms with Gasteiger partial charge in [0, 0.05) is 6.54 Å². The van der Waals surface area contributed by atoms with Gasteiger partial charge in [-0.05, 0) is 56.0 Å². The van der Waals surface area contributed by atoms with Gasteiger partial charge in [-0.15, -0.1) is 0 Å². The maximum absolute atomic E-state index is 10.3. The van der Waals surface area contributed by atoms with E-state index in [2.05, 4.69) is 39.5 Å². The van der Waals surface area contributed by atoms with E-state index in [4.69, 9.17) is 25.2 Å². The van der Waals surface area contributed by atoms with Crippen molar-refractivity contribution in [3.63, 3.8) is 0 Å². The molecule has 0 saturated heterocycles. The van der Waals surface area contributed by atoms with Crippen LogP contribution in [-0.4, -0.2) is 81.2 Å². The Hall–Kier alpha value is -1.71. The highest BCUT2D eigenvalue weighted by molar-refractivity contribution is 5.88. The number of hydrogen-bond acceptors (Lipinski definition) is 6. The molecule has 0 bridgehead atoms.